The van der Waals surface area contributed by atoms with E-state index in [0.717, 1.165) is 31.5 Å². The second-order valence-electron chi connectivity index (χ2n) is 6.10. The quantitative estimate of drug-likeness (QED) is 0.831. The predicted molar refractivity (Wildman–Crippen MR) is 83.9 cm³/mol. The van der Waals surface area contributed by atoms with Gasteiger partial charge in [0.15, 0.2) is 0 Å². The summed E-state index contributed by atoms with van der Waals surface area (Å²) in [5.74, 6) is 0.799. The van der Waals surface area contributed by atoms with Gasteiger partial charge in [0.1, 0.15) is 0 Å². The first-order valence-corrected chi connectivity index (χ1v) is 7.76. The molecule has 0 aliphatic carbocycles. The van der Waals surface area contributed by atoms with Crippen molar-refractivity contribution in [2.45, 2.75) is 52.5 Å². The van der Waals surface area contributed by atoms with Gasteiger partial charge < -0.3 is 10.6 Å². The Morgan fingerprint density at radius 3 is 2.80 bits per heavy atom. The van der Waals surface area contributed by atoms with Gasteiger partial charge in [-0.05, 0) is 48.9 Å². The van der Waals surface area contributed by atoms with Crippen molar-refractivity contribution >= 4 is 11.6 Å². The molecular weight excluding hydrogens is 248 g/mol. The van der Waals surface area contributed by atoms with E-state index in [-0.39, 0.29) is 5.91 Å². The largest absolute Gasteiger partial charge is 0.326 e. The van der Waals surface area contributed by atoms with Crippen molar-refractivity contribution in [2.24, 2.45) is 5.92 Å². The molecule has 1 aromatic carbocycles. The van der Waals surface area contributed by atoms with Crippen molar-refractivity contribution in [3.05, 3.63) is 29.3 Å². The lowest BCUT2D eigenvalue weighted by Gasteiger charge is -2.24. The summed E-state index contributed by atoms with van der Waals surface area (Å²) in [7, 11) is 0. The Labute approximate surface area is 122 Å². The summed E-state index contributed by atoms with van der Waals surface area (Å²) in [5, 5.41) is 6.60. The molecule has 0 saturated heterocycles. The molecule has 110 valence electrons. The summed E-state index contributed by atoms with van der Waals surface area (Å²) >= 11 is 0. The fourth-order valence-electron chi connectivity index (χ4n) is 2.75. The van der Waals surface area contributed by atoms with Gasteiger partial charge in [-0.15, -0.1) is 0 Å². The maximum atomic E-state index is 11.4. The summed E-state index contributed by atoms with van der Waals surface area (Å²) in [6, 6.07) is 6.89. The van der Waals surface area contributed by atoms with Gasteiger partial charge in [0.2, 0.25) is 5.91 Å². The number of amides is 1. The Balaban J connectivity index is 2.18. The number of carbonyl (C=O) groups excluding carboxylic acids is 1. The van der Waals surface area contributed by atoms with Gasteiger partial charge in [-0.25, -0.2) is 0 Å². The van der Waals surface area contributed by atoms with Crippen LogP contribution in [-0.4, -0.2) is 12.5 Å². The molecule has 1 aromatic rings. The highest BCUT2D eigenvalue weighted by Gasteiger charge is 2.18. The second kappa shape index (κ2) is 6.89. The van der Waals surface area contributed by atoms with Gasteiger partial charge in [0, 0.05) is 18.2 Å². The van der Waals surface area contributed by atoms with Gasteiger partial charge in [-0.1, -0.05) is 32.9 Å². The topological polar surface area (TPSA) is 41.1 Å². The SMILES string of the molecule is CCCNC(CC(C)C)c1ccc2c(c1)CCC(=O)N2. The number of hydrogen-bond donors (Lipinski definition) is 2. The Bertz CT molecular complexity index is 468. The van der Waals surface area contributed by atoms with E-state index in [2.05, 4.69) is 49.6 Å². The zero-order chi connectivity index (χ0) is 14.5. The third-order valence-corrected chi connectivity index (χ3v) is 3.78. The molecule has 0 aromatic heterocycles. The number of hydrogen-bond acceptors (Lipinski definition) is 2. The maximum absolute atomic E-state index is 11.4. The van der Waals surface area contributed by atoms with Crippen molar-refractivity contribution in [2.75, 3.05) is 11.9 Å². The first-order valence-electron chi connectivity index (χ1n) is 7.76. The highest BCUT2D eigenvalue weighted by Crippen LogP contribution is 2.28. The highest BCUT2D eigenvalue weighted by atomic mass is 16.1. The Morgan fingerprint density at radius 1 is 1.30 bits per heavy atom. The van der Waals surface area contributed by atoms with Crippen molar-refractivity contribution in [1.29, 1.82) is 0 Å². The molecule has 2 N–H and O–H groups in total. The van der Waals surface area contributed by atoms with Crippen LogP contribution < -0.4 is 10.6 Å². The molecule has 3 nitrogen and oxygen atoms in total. The maximum Gasteiger partial charge on any atom is 0.224 e. The molecule has 20 heavy (non-hydrogen) atoms. The number of rotatable bonds is 6. The number of anilines is 1. The fourth-order valence-corrected chi connectivity index (χ4v) is 2.75. The van der Waals surface area contributed by atoms with Gasteiger partial charge >= 0.3 is 0 Å². The van der Waals surface area contributed by atoms with Crippen LogP contribution in [0.25, 0.3) is 0 Å². The van der Waals surface area contributed by atoms with E-state index >= 15 is 0 Å². The van der Waals surface area contributed by atoms with Gasteiger partial charge in [-0.3, -0.25) is 4.79 Å². The molecule has 1 aliphatic heterocycles. The molecule has 0 spiro atoms. The Kier molecular flexibility index (Phi) is 5.18. The van der Waals surface area contributed by atoms with Crippen LogP contribution in [0.5, 0.6) is 0 Å². The molecule has 0 saturated carbocycles. The lowest BCUT2D eigenvalue weighted by molar-refractivity contribution is -0.116. The zero-order valence-electron chi connectivity index (χ0n) is 12.8. The molecule has 1 unspecified atom stereocenters. The van der Waals surface area contributed by atoms with Crippen molar-refractivity contribution in [3.8, 4) is 0 Å². The van der Waals surface area contributed by atoms with Crippen LogP contribution in [-0.2, 0) is 11.2 Å². The second-order valence-corrected chi connectivity index (χ2v) is 6.10. The lowest BCUT2D eigenvalue weighted by Crippen LogP contribution is -2.24. The summed E-state index contributed by atoms with van der Waals surface area (Å²) in [6.45, 7) is 7.77. The van der Waals surface area contributed by atoms with E-state index in [1.54, 1.807) is 0 Å². The van der Waals surface area contributed by atoms with Crippen LogP contribution in [0, 0.1) is 5.92 Å². The number of carbonyl (C=O) groups is 1. The van der Waals surface area contributed by atoms with Crippen LogP contribution in [0.1, 0.15) is 57.2 Å². The molecule has 1 aliphatic rings. The smallest absolute Gasteiger partial charge is 0.224 e. The van der Waals surface area contributed by atoms with E-state index in [0.29, 0.717) is 18.4 Å². The summed E-state index contributed by atoms with van der Waals surface area (Å²) < 4.78 is 0. The van der Waals surface area contributed by atoms with Crippen molar-refractivity contribution < 1.29 is 4.79 Å². The number of aryl methyl sites for hydroxylation is 1. The average molecular weight is 274 g/mol. The van der Waals surface area contributed by atoms with Crippen LogP contribution in [0.3, 0.4) is 0 Å². The normalized spacial score (nSPS) is 15.9. The van der Waals surface area contributed by atoms with Crippen LogP contribution in [0.15, 0.2) is 18.2 Å². The van der Waals surface area contributed by atoms with E-state index < -0.39 is 0 Å². The van der Waals surface area contributed by atoms with E-state index in [4.69, 9.17) is 0 Å². The molecule has 0 radical (unpaired) electrons. The predicted octanol–water partition coefficient (Wildman–Crippen LogP) is 3.66. The molecule has 1 atom stereocenters. The summed E-state index contributed by atoms with van der Waals surface area (Å²) in [5.41, 5.74) is 3.61. The molecule has 0 bridgehead atoms. The summed E-state index contributed by atoms with van der Waals surface area (Å²) in [4.78, 5) is 11.4. The molecule has 1 heterocycles. The fraction of sp³-hybridized carbons (Fsp3) is 0.588. The van der Waals surface area contributed by atoms with Crippen molar-refractivity contribution in [3.63, 3.8) is 0 Å². The number of fused-ring (bicyclic) bond motifs is 1. The van der Waals surface area contributed by atoms with E-state index in [9.17, 15) is 4.79 Å². The minimum Gasteiger partial charge on any atom is -0.326 e. The van der Waals surface area contributed by atoms with Crippen LogP contribution in [0.4, 0.5) is 5.69 Å². The van der Waals surface area contributed by atoms with Gasteiger partial charge in [0.05, 0.1) is 0 Å². The lowest BCUT2D eigenvalue weighted by atomic mass is 9.93. The Morgan fingerprint density at radius 2 is 2.10 bits per heavy atom. The molecule has 1 amide bonds. The minimum atomic E-state index is 0.132. The third kappa shape index (κ3) is 3.83. The third-order valence-electron chi connectivity index (χ3n) is 3.78. The zero-order valence-corrected chi connectivity index (χ0v) is 12.8. The minimum absolute atomic E-state index is 0.132. The highest BCUT2D eigenvalue weighted by molar-refractivity contribution is 5.93. The standard InChI is InChI=1S/C17H26N2O/c1-4-9-18-16(10-12(2)3)14-5-7-15-13(11-14)6-8-17(20)19-15/h5,7,11-12,16,18H,4,6,8-10H2,1-3H3,(H,19,20). The number of benzene rings is 1. The van der Waals surface area contributed by atoms with Crippen LogP contribution in [0.2, 0.25) is 0 Å². The van der Waals surface area contributed by atoms with Gasteiger partial charge in [0.25, 0.3) is 0 Å². The average Bonchev–Trinajstić information content (AvgIpc) is 2.42. The van der Waals surface area contributed by atoms with Gasteiger partial charge in [-0.2, -0.15) is 0 Å². The monoisotopic (exact) mass is 274 g/mol. The number of nitrogens with one attached hydrogen (secondary N) is 2. The van der Waals surface area contributed by atoms with Crippen molar-refractivity contribution in [1.82, 2.24) is 5.32 Å². The Hall–Kier alpha value is -1.35. The van der Waals surface area contributed by atoms with E-state index in [1.807, 2.05) is 0 Å². The molecule has 2 rings (SSSR count). The molecule has 3 heteroatoms. The van der Waals surface area contributed by atoms with E-state index in [1.165, 1.54) is 11.1 Å². The van der Waals surface area contributed by atoms with Crippen LogP contribution >= 0.6 is 0 Å². The molecule has 0 fully saturated rings. The first-order chi connectivity index (χ1) is 9.60. The first kappa shape index (κ1) is 15.0. The molecular formula is C17H26N2O. The summed E-state index contributed by atoms with van der Waals surface area (Å²) in [6.07, 6.45) is 3.76.